The predicted octanol–water partition coefficient (Wildman–Crippen LogP) is 5.40. The molecule has 1 N–H and O–H groups in total. The summed E-state index contributed by atoms with van der Waals surface area (Å²) in [4.78, 5) is 24.5. The summed E-state index contributed by atoms with van der Waals surface area (Å²) in [7, 11) is 0. The van der Waals surface area contributed by atoms with E-state index in [2.05, 4.69) is 30.2 Å². The SMILES string of the molecule is CC1CC(C)CN(C(=O)c2cnc(NCc3cccc(Cl)c3)nc2-c2ccc(C#N)cc2)C1. The highest BCUT2D eigenvalue weighted by Gasteiger charge is 2.28. The highest BCUT2D eigenvalue weighted by molar-refractivity contribution is 6.30. The fourth-order valence-electron chi connectivity index (χ4n) is 4.37. The van der Waals surface area contributed by atoms with E-state index in [1.54, 1.807) is 18.3 Å². The van der Waals surface area contributed by atoms with E-state index in [0.717, 1.165) is 30.6 Å². The van der Waals surface area contributed by atoms with E-state index in [9.17, 15) is 4.79 Å². The first-order valence-electron chi connectivity index (χ1n) is 11.1. The van der Waals surface area contributed by atoms with Crippen molar-refractivity contribution in [2.24, 2.45) is 11.8 Å². The van der Waals surface area contributed by atoms with Crippen molar-refractivity contribution in [1.29, 1.82) is 5.26 Å². The second-order valence-electron chi connectivity index (χ2n) is 8.78. The summed E-state index contributed by atoms with van der Waals surface area (Å²) in [5, 5.41) is 13.0. The molecule has 33 heavy (non-hydrogen) atoms. The lowest BCUT2D eigenvalue weighted by Crippen LogP contribution is -2.42. The summed E-state index contributed by atoms with van der Waals surface area (Å²) in [5.41, 5.74) is 3.35. The first kappa shape index (κ1) is 22.8. The molecule has 0 bridgehead atoms. The van der Waals surface area contributed by atoms with Gasteiger partial charge in [0, 0.05) is 36.4 Å². The van der Waals surface area contributed by atoms with Gasteiger partial charge in [0.05, 0.1) is 22.9 Å². The van der Waals surface area contributed by atoms with Crippen molar-refractivity contribution in [1.82, 2.24) is 14.9 Å². The number of piperidine rings is 1. The van der Waals surface area contributed by atoms with Crippen molar-refractivity contribution in [3.05, 3.63) is 76.4 Å². The molecule has 2 aromatic carbocycles. The maximum Gasteiger partial charge on any atom is 0.257 e. The Labute approximate surface area is 199 Å². The Hall–Kier alpha value is -3.43. The van der Waals surface area contributed by atoms with Crippen molar-refractivity contribution >= 4 is 23.5 Å². The molecule has 0 spiro atoms. The molecule has 0 saturated carbocycles. The van der Waals surface area contributed by atoms with Gasteiger partial charge in [0.15, 0.2) is 0 Å². The van der Waals surface area contributed by atoms with Gasteiger partial charge in [0.2, 0.25) is 5.95 Å². The summed E-state index contributed by atoms with van der Waals surface area (Å²) in [6, 6.07) is 16.8. The van der Waals surface area contributed by atoms with E-state index < -0.39 is 0 Å². The van der Waals surface area contributed by atoms with Crippen LogP contribution in [0.3, 0.4) is 0 Å². The van der Waals surface area contributed by atoms with E-state index >= 15 is 0 Å². The van der Waals surface area contributed by atoms with Gasteiger partial charge in [-0.05, 0) is 48.1 Å². The number of amides is 1. The molecule has 168 valence electrons. The molecule has 2 unspecified atom stereocenters. The van der Waals surface area contributed by atoms with Crippen molar-refractivity contribution in [3.63, 3.8) is 0 Å². The Bertz CT molecular complexity index is 1180. The number of carbonyl (C=O) groups excluding carboxylic acids is 1. The van der Waals surface area contributed by atoms with E-state index in [0.29, 0.717) is 46.2 Å². The minimum atomic E-state index is -0.0610. The number of benzene rings is 2. The van der Waals surface area contributed by atoms with Crippen molar-refractivity contribution in [2.75, 3.05) is 18.4 Å². The van der Waals surface area contributed by atoms with Crippen LogP contribution in [0.15, 0.2) is 54.7 Å². The number of carbonyl (C=O) groups is 1. The molecule has 1 aromatic heterocycles. The lowest BCUT2D eigenvalue weighted by molar-refractivity contribution is 0.0623. The van der Waals surface area contributed by atoms with Gasteiger partial charge < -0.3 is 10.2 Å². The van der Waals surface area contributed by atoms with Gasteiger partial charge in [0.25, 0.3) is 5.91 Å². The van der Waals surface area contributed by atoms with Crippen molar-refractivity contribution in [3.8, 4) is 17.3 Å². The second kappa shape index (κ2) is 10.0. The van der Waals surface area contributed by atoms with Crippen LogP contribution in [0.1, 0.15) is 41.8 Å². The zero-order valence-corrected chi connectivity index (χ0v) is 19.5. The van der Waals surface area contributed by atoms with E-state index in [1.165, 1.54) is 0 Å². The number of nitrogens with one attached hydrogen (secondary N) is 1. The highest BCUT2D eigenvalue weighted by atomic mass is 35.5. The molecular formula is C26H26ClN5O. The van der Waals surface area contributed by atoms with Gasteiger partial charge in [-0.2, -0.15) is 5.26 Å². The number of anilines is 1. The standard InChI is InChI=1S/C26H26ClN5O/c1-17-10-18(2)16-32(15-17)25(33)23-14-30-26(29-13-20-4-3-5-22(27)11-20)31-24(23)21-8-6-19(12-28)7-9-21/h3-9,11,14,17-18H,10,13,15-16H2,1-2H3,(H,29,30,31). The van der Waals surface area contributed by atoms with Crippen LogP contribution < -0.4 is 5.32 Å². The van der Waals surface area contributed by atoms with Gasteiger partial charge in [-0.15, -0.1) is 0 Å². The fourth-order valence-corrected chi connectivity index (χ4v) is 4.59. The predicted molar refractivity (Wildman–Crippen MR) is 130 cm³/mol. The third-order valence-electron chi connectivity index (χ3n) is 5.80. The Morgan fingerprint density at radius 3 is 2.58 bits per heavy atom. The average molecular weight is 460 g/mol. The van der Waals surface area contributed by atoms with Crippen LogP contribution in [0.4, 0.5) is 5.95 Å². The number of rotatable bonds is 5. The monoisotopic (exact) mass is 459 g/mol. The van der Waals surface area contributed by atoms with Crippen LogP contribution in [-0.2, 0) is 6.54 Å². The molecule has 0 radical (unpaired) electrons. The van der Waals surface area contributed by atoms with Crippen LogP contribution in [-0.4, -0.2) is 33.9 Å². The van der Waals surface area contributed by atoms with E-state index in [1.807, 2.05) is 41.3 Å². The molecule has 7 heteroatoms. The Morgan fingerprint density at radius 2 is 1.91 bits per heavy atom. The number of halogens is 1. The van der Waals surface area contributed by atoms with Crippen molar-refractivity contribution < 1.29 is 4.79 Å². The van der Waals surface area contributed by atoms with E-state index in [-0.39, 0.29) is 5.91 Å². The minimum absolute atomic E-state index is 0.0610. The number of hydrogen-bond acceptors (Lipinski definition) is 5. The molecule has 1 fully saturated rings. The largest absolute Gasteiger partial charge is 0.350 e. The Kier molecular flexibility index (Phi) is 6.90. The molecule has 3 aromatic rings. The first-order valence-corrected chi connectivity index (χ1v) is 11.5. The van der Waals surface area contributed by atoms with Crippen LogP contribution >= 0.6 is 11.6 Å². The highest BCUT2D eigenvalue weighted by Crippen LogP contribution is 2.27. The molecule has 6 nitrogen and oxygen atoms in total. The average Bonchev–Trinajstić information content (AvgIpc) is 2.81. The normalized spacial score (nSPS) is 17.9. The molecule has 4 rings (SSSR count). The van der Waals surface area contributed by atoms with Gasteiger partial charge in [0.1, 0.15) is 0 Å². The maximum absolute atomic E-state index is 13.5. The fraction of sp³-hybridized carbons (Fsp3) is 0.308. The number of likely N-dealkylation sites (tertiary alicyclic amines) is 1. The van der Waals surface area contributed by atoms with Crippen LogP contribution in [0, 0.1) is 23.2 Å². The smallest absolute Gasteiger partial charge is 0.257 e. The van der Waals surface area contributed by atoms with Crippen LogP contribution in [0.2, 0.25) is 5.02 Å². The molecule has 0 aliphatic carbocycles. The number of hydrogen-bond donors (Lipinski definition) is 1. The van der Waals surface area contributed by atoms with E-state index in [4.69, 9.17) is 21.8 Å². The summed E-state index contributed by atoms with van der Waals surface area (Å²) < 4.78 is 0. The molecule has 1 aliphatic rings. The zero-order chi connectivity index (χ0) is 23.4. The lowest BCUT2D eigenvalue weighted by Gasteiger charge is -2.35. The maximum atomic E-state index is 13.5. The number of nitrogens with zero attached hydrogens (tertiary/aromatic N) is 4. The van der Waals surface area contributed by atoms with Crippen LogP contribution in [0.5, 0.6) is 0 Å². The van der Waals surface area contributed by atoms with Gasteiger partial charge >= 0.3 is 0 Å². The second-order valence-corrected chi connectivity index (χ2v) is 9.22. The number of aromatic nitrogens is 2. The first-order chi connectivity index (χ1) is 15.9. The summed E-state index contributed by atoms with van der Waals surface area (Å²) in [5.74, 6) is 1.27. The third kappa shape index (κ3) is 5.50. The molecular weight excluding hydrogens is 434 g/mol. The number of nitriles is 1. The topological polar surface area (TPSA) is 81.9 Å². The Morgan fingerprint density at radius 1 is 1.18 bits per heavy atom. The molecule has 2 atom stereocenters. The molecule has 2 heterocycles. The summed E-state index contributed by atoms with van der Waals surface area (Å²) in [6.07, 6.45) is 2.72. The van der Waals surface area contributed by atoms with Gasteiger partial charge in [-0.1, -0.05) is 49.7 Å². The van der Waals surface area contributed by atoms with Gasteiger partial charge in [-0.25, -0.2) is 9.97 Å². The van der Waals surface area contributed by atoms with Crippen LogP contribution in [0.25, 0.3) is 11.3 Å². The molecule has 1 aliphatic heterocycles. The Balaban J connectivity index is 1.66. The third-order valence-corrected chi connectivity index (χ3v) is 6.04. The molecule has 1 amide bonds. The summed E-state index contributed by atoms with van der Waals surface area (Å²) in [6.45, 7) is 6.31. The minimum Gasteiger partial charge on any atom is -0.350 e. The van der Waals surface area contributed by atoms with Gasteiger partial charge in [-0.3, -0.25) is 4.79 Å². The zero-order valence-electron chi connectivity index (χ0n) is 18.8. The quantitative estimate of drug-likeness (QED) is 0.552. The molecule has 1 saturated heterocycles. The lowest BCUT2D eigenvalue weighted by atomic mass is 9.91. The summed E-state index contributed by atoms with van der Waals surface area (Å²) >= 11 is 6.08. The van der Waals surface area contributed by atoms with Crippen molar-refractivity contribution in [2.45, 2.75) is 26.8 Å².